The molecule has 0 bridgehead atoms. The van der Waals surface area contributed by atoms with Gasteiger partial charge in [0, 0.05) is 32.2 Å². The molecule has 2 aromatic rings. The highest BCUT2D eigenvalue weighted by atomic mass is 15.3. The second kappa shape index (κ2) is 3.76. The molecule has 2 rings (SSSR count). The molecule has 0 aromatic carbocycles. The van der Waals surface area contributed by atoms with Crippen LogP contribution in [0.15, 0.2) is 18.6 Å². The lowest BCUT2D eigenvalue weighted by Gasteiger charge is -2.06. The maximum Gasteiger partial charge on any atom is 0.207 e. The molecule has 0 atom stereocenters. The van der Waals surface area contributed by atoms with E-state index in [1.807, 2.05) is 30.9 Å². The van der Waals surface area contributed by atoms with E-state index in [9.17, 15) is 0 Å². The van der Waals surface area contributed by atoms with E-state index in [-0.39, 0.29) is 0 Å². The number of rotatable bonds is 3. The molecule has 0 saturated heterocycles. The molecule has 0 unspecified atom stereocenters. The lowest BCUT2D eigenvalue weighted by Crippen LogP contribution is -2.05. The average Bonchev–Trinajstić information content (AvgIpc) is 2.73. The molecule has 2 aromatic heterocycles. The van der Waals surface area contributed by atoms with Crippen LogP contribution in [0.2, 0.25) is 0 Å². The first kappa shape index (κ1) is 9.76. The number of anilines is 1. The Morgan fingerprint density at radius 1 is 1.47 bits per heavy atom. The molecule has 5 nitrogen and oxygen atoms in total. The van der Waals surface area contributed by atoms with Crippen LogP contribution >= 0.6 is 0 Å². The van der Waals surface area contributed by atoms with Gasteiger partial charge in [-0.15, -0.1) is 0 Å². The fourth-order valence-electron chi connectivity index (χ4n) is 1.61. The van der Waals surface area contributed by atoms with Crippen LogP contribution in [0.3, 0.4) is 0 Å². The first-order chi connectivity index (χ1) is 7.22. The molecule has 2 heterocycles. The molecule has 0 fully saturated rings. The number of aromatic nitrogens is 4. The summed E-state index contributed by atoms with van der Waals surface area (Å²) in [6.07, 6.45) is 5.70. The highest BCUT2D eigenvalue weighted by Crippen LogP contribution is 2.16. The second-order valence-corrected chi connectivity index (χ2v) is 3.42. The monoisotopic (exact) mass is 205 g/mol. The highest BCUT2D eigenvalue weighted by Gasteiger charge is 2.08. The molecule has 5 heteroatoms. The standard InChI is InChI=1S/C10H15N5/c1-4-11-10-12-5-6-15(10)9-7-14(3)13-8(9)2/h5-7H,4H2,1-3H3,(H,11,12). The largest absolute Gasteiger partial charge is 0.356 e. The molecule has 0 aliphatic carbocycles. The molecule has 0 radical (unpaired) electrons. The number of hydrogen-bond donors (Lipinski definition) is 1. The lowest BCUT2D eigenvalue weighted by atomic mass is 10.4. The number of aryl methyl sites for hydroxylation is 2. The summed E-state index contributed by atoms with van der Waals surface area (Å²) < 4.78 is 3.81. The summed E-state index contributed by atoms with van der Waals surface area (Å²) in [5, 5.41) is 7.51. The molecule has 1 N–H and O–H groups in total. The van der Waals surface area contributed by atoms with E-state index in [0.29, 0.717) is 0 Å². The molecule has 0 aliphatic heterocycles. The minimum absolute atomic E-state index is 0.855. The van der Waals surface area contributed by atoms with Crippen LogP contribution in [0, 0.1) is 6.92 Å². The van der Waals surface area contributed by atoms with Gasteiger partial charge < -0.3 is 5.32 Å². The quantitative estimate of drug-likeness (QED) is 0.822. The zero-order valence-electron chi connectivity index (χ0n) is 9.23. The van der Waals surface area contributed by atoms with Crippen molar-refractivity contribution in [3.05, 3.63) is 24.3 Å². The van der Waals surface area contributed by atoms with Crippen LogP contribution in [0.1, 0.15) is 12.6 Å². The molecule has 0 aliphatic rings. The van der Waals surface area contributed by atoms with Crippen molar-refractivity contribution in [3.8, 4) is 5.69 Å². The number of nitrogens with zero attached hydrogens (tertiary/aromatic N) is 4. The summed E-state index contributed by atoms with van der Waals surface area (Å²) in [4.78, 5) is 4.25. The van der Waals surface area contributed by atoms with Gasteiger partial charge in [0.25, 0.3) is 0 Å². The van der Waals surface area contributed by atoms with Crippen molar-refractivity contribution in [2.24, 2.45) is 7.05 Å². The lowest BCUT2D eigenvalue weighted by molar-refractivity contribution is 0.756. The predicted molar refractivity (Wildman–Crippen MR) is 59.2 cm³/mol. The summed E-state index contributed by atoms with van der Waals surface area (Å²) >= 11 is 0. The van der Waals surface area contributed by atoms with Crippen molar-refractivity contribution in [1.29, 1.82) is 0 Å². The number of imidazole rings is 1. The smallest absolute Gasteiger partial charge is 0.207 e. The first-order valence-corrected chi connectivity index (χ1v) is 5.00. The Bertz CT molecular complexity index is 454. The third-order valence-corrected chi connectivity index (χ3v) is 2.22. The Labute approximate surface area is 88.7 Å². The fraction of sp³-hybridized carbons (Fsp3) is 0.400. The number of nitrogens with one attached hydrogen (secondary N) is 1. The van der Waals surface area contributed by atoms with Gasteiger partial charge in [0.2, 0.25) is 5.95 Å². The second-order valence-electron chi connectivity index (χ2n) is 3.42. The van der Waals surface area contributed by atoms with Crippen LogP contribution in [-0.2, 0) is 7.05 Å². The minimum Gasteiger partial charge on any atom is -0.356 e. The van der Waals surface area contributed by atoms with Gasteiger partial charge in [0.15, 0.2) is 0 Å². The summed E-state index contributed by atoms with van der Waals surface area (Å²) in [7, 11) is 1.92. The first-order valence-electron chi connectivity index (χ1n) is 5.00. The Morgan fingerprint density at radius 2 is 2.27 bits per heavy atom. The van der Waals surface area contributed by atoms with Gasteiger partial charge >= 0.3 is 0 Å². The van der Waals surface area contributed by atoms with Crippen molar-refractivity contribution in [2.75, 3.05) is 11.9 Å². The van der Waals surface area contributed by atoms with Crippen molar-refractivity contribution >= 4 is 5.95 Å². The van der Waals surface area contributed by atoms with Gasteiger partial charge in [-0.1, -0.05) is 0 Å². The van der Waals surface area contributed by atoms with E-state index in [2.05, 4.69) is 22.3 Å². The minimum atomic E-state index is 0.855. The molecule has 0 spiro atoms. The van der Waals surface area contributed by atoms with Crippen LogP contribution in [0.25, 0.3) is 5.69 Å². The van der Waals surface area contributed by atoms with Crippen molar-refractivity contribution in [2.45, 2.75) is 13.8 Å². The van der Waals surface area contributed by atoms with Gasteiger partial charge in [-0.05, 0) is 13.8 Å². The van der Waals surface area contributed by atoms with E-state index in [1.165, 1.54) is 0 Å². The summed E-state index contributed by atoms with van der Waals surface area (Å²) in [6, 6.07) is 0. The fourth-order valence-corrected chi connectivity index (χ4v) is 1.61. The maximum absolute atomic E-state index is 4.31. The van der Waals surface area contributed by atoms with Crippen LogP contribution in [0.4, 0.5) is 5.95 Å². The SMILES string of the molecule is CCNc1nccn1-c1cn(C)nc1C. The molecule has 15 heavy (non-hydrogen) atoms. The molecule has 0 amide bonds. The highest BCUT2D eigenvalue weighted by molar-refractivity contribution is 5.43. The maximum atomic E-state index is 4.31. The topological polar surface area (TPSA) is 47.7 Å². The van der Waals surface area contributed by atoms with E-state index >= 15 is 0 Å². The Morgan fingerprint density at radius 3 is 2.87 bits per heavy atom. The van der Waals surface area contributed by atoms with Crippen LogP contribution < -0.4 is 5.32 Å². The zero-order valence-corrected chi connectivity index (χ0v) is 9.23. The molecule has 80 valence electrons. The van der Waals surface area contributed by atoms with Crippen molar-refractivity contribution < 1.29 is 0 Å². The van der Waals surface area contributed by atoms with Crippen molar-refractivity contribution in [1.82, 2.24) is 19.3 Å². The third kappa shape index (κ3) is 1.72. The zero-order chi connectivity index (χ0) is 10.8. The van der Waals surface area contributed by atoms with Gasteiger partial charge in [-0.3, -0.25) is 9.25 Å². The van der Waals surface area contributed by atoms with Gasteiger partial charge in [-0.25, -0.2) is 4.98 Å². The van der Waals surface area contributed by atoms with E-state index in [4.69, 9.17) is 0 Å². The molecular formula is C10H15N5. The van der Waals surface area contributed by atoms with Crippen molar-refractivity contribution in [3.63, 3.8) is 0 Å². The Hall–Kier alpha value is -1.78. The van der Waals surface area contributed by atoms with Gasteiger partial charge in [0.05, 0.1) is 11.4 Å². The third-order valence-electron chi connectivity index (χ3n) is 2.22. The summed E-state index contributed by atoms with van der Waals surface area (Å²) in [5.41, 5.74) is 2.06. The normalized spacial score (nSPS) is 10.6. The number of hydrogen-bond acceptors (Lipinski definition) is 3. The van der Waals surface area contributed by atoms with Crippen LogP contribution in [0.5, 0.6) is 0 Å². The summed E-state index contributed by atoms with van der Waals surface area (Å²) in [5.74, 6) is 0.855. The predicted octanol–water partition coefficient (Wildman–Crippen LogP) is 1.35. The van der Waals surface area contributed by atoms with Gasteiger partial charge in [0.1, 0.15) is 0 Å². The summed E-state index contributed by atoms with van der Waals surface area (Å²) in [6.45, 7) is 4.90. The van der Waals surface area contributed by atoms with E-state index in [1.54, 1.807) is 10.9 Å². The molecule has 0 saturated carbocycles. The van der Waals surface area contributed by atoms with E-state index < -0.39 is 0 Å². The Kier molecular flexibility index (Phi) is 2.45. The van der Waals surface area contributed by atoms with E-state index in [0.717, 1.165) is 23.9 Å². The van der Waals surface area contributed by atoms with Gasteiger partial charge in [-0.2, -0.15) is 5.10 Å². The van der Waals surface area contributed by atoms with Crippen LogP contribution in [-0.4, -0.2) is 25.9 Å². The Balaban J connectivity index is 2.44. The molecular weight excluding hydrogens is 190 g/mol. The average molecular weight is 205 g/mol.